The lowest BCUT2D eigenvalue weighted by atomic mass is 10.2. The summed E-state index contributed by atoms with van der Waals surface area (Å²) in [6.45, 7) is 1.74. The van der Waals surface area contributed by atoms with Gasteiger partial charge < -0.3 is 14.8 Å². The van der Waals surface area contributed by atoms with Gasteiger partial charge in [0, 0.05) is 0 Å². The van der Waals surface area contributed by atoms with Gasteiger partial charge in [-0.2, -0.15) is 5.10 Å². The predicted molar refractivity (Wildman–Crippen MR) is 113 cm³/mol. The SMILES string of the molecule is COc1cc(/C=N\NC(=O)[C@H](C)Nc2nc3ccccc3s2)cc(Cl)c1OC. The number of rotatable bonds is 7. The van der Waals surface area contributed by atoms with Crippen LogP contribution in [0.3, 0.4) is 0 Å². The fourth-order valence-electron chi connectivity index (χ4n) is 2.46. The van der Waals surface area contributed by atoms with Crippen molar-refractivity contribution in [2.45, 2.75) is 13.0 Å². The van der Waals surface area contributed by atoms with Crippen LogP contribution in [-0.4, -0.2) is 37.4 Å². The zero-order valence-electron chi connectivity index (χ0n) is 15.5. The Kier molecular flexibility index (Phi) is 6.33. The zero-order chi connectivity index (χ0) is 20.1. The van der Waals surface area contributed by atoms with Gasteiger partial charge in [0.05, 0.1) is 35.7 Å². The molecule has 146 valence electrons. The van der Waals surface area contributed by atoms with Gasteiger partial charge >= 0.3 is 0 Å². The number of anilines is 1. The number of methoxy groups -OCH3 is 2. The predicted octanol–water partition coefficient (Wildman–Crippen LogP) is 3.92. The fraction of sp³-hybridized carbons (Fsp3) is 0.211. The molecule has 0 aliphatic carbocycles. The van der Waals surface area contributed by atoms with Crippen molar-refractivity contribution in [2.24, 2.45) is 5.10 Å². The van der Waals surface area contributed by atoms with E-state index in [2.05, 4.69) is 20.8 Å². The van der Waals surface area contributed by atoms with Crippen molar-refractivity contribution in [2.75, 3.05) is 19.5 Å². The maximum atomic E-state index is 12.3. The number of aromatic nitrogens is 1. The van der Waals surface area contributed by atoms with Crippen molar-refractivity contribution in [3.63, 3.8) is 0 Å². The normalized spacial score (nSPS) is 12.1. The van der Waals surface area contributed by atoms with Crippen molar-refractivity contribution in [1.82, 2.24) is 10.4 Å². The van der Waals surface area contributed by atoms with Gasteiger partial charge in [-0.3, -0.25) is 4.79 Å². The molecule has 3 rings (SSSR count). The summed E-state index contributed by atoms with van der Waals surface area (Å²) < 4.78 is 11.5. The van der Waals surface area contributed by atoms with E-state index in [1.54, 1.807) is 19.1 Å². The number of benzene rings is 2. The molecule has 0 spiro atoms. The van der Waals surface area contributed by atoms with Gasteiger partial charge in [-0.1, -0.05) is 35.1 Å². The van der Waals surface area contributed by atoms with Crippen LogP contribution in [0.1, 0.15) is 12.5 Å². The third-order valence-electron chi connectivity index (χ3n) is 3.87. The van der Waals surface area contributed by atoms with E-state index < -0.39 is 6.04 Å². The number of nitrogens with one attached hydrogen (secondary N) is 2. The maximum Gasteiger partial charge on any atom is 0.262 e. The Morgan fingerprint density at radius 2 is 2.07 bits per heavy atom. The minimum absolute atomic E-state index is 0.290. The average molecular weight is 419 g/mol. The van der Waals surface area contributed by atoms with Crippen LogP contribution in [0, 0.1) is 0 Å². The summed E-state index contributed by atoms with van der Waals surface area (Å²) in [7, 11) is 3.03. The second-order valence-electron chi connectivity index (χ2n) is 5.83. The van der Waals surface area contributed by atoms with Gasteiger partial charge in [0.15, 0.2) is 16.6 Å². The third-order valence-corrected chi connectivity index (χ3v) is 5.12. The first-order valence-corrected chi connectivity index (χ1v) is 9.58. The first-order chi connectivity index (χ1) is 13.5. The van der Waals surface area contributed by atoms with Crippen LogP contribution >= 0.6 is 22.9 Å². The first kappa shape index (κ1) is 19.9. The Labute approximate surface area is 171 Å². The van der Waals surface area contributed by atoms with Gasteiger partial charge in [-0.25, -0.2) is 10.4 Å². The molecule has 1 atom stereocenters. The third kappa shape index (κ3) is 4.52. The van der Waals surface area contributed by atoms with Crippen LogP contribution in [-0.2, 0) is 4.79 Å². The summed E-state index contributed by atoms with van der Waals surface area (Å²) in [5, 5.41) is 8.14. The first-order valence-electron chi connectivity index (χ1n) is 8.38. The second kappa shape index (κ2) is 8.90. The lowest BCUT2D eigenvalue weighted by Gasteiger charge is -2.11. The van der Waals surface area contributed by atoms with Crippen molar-refractivity contribution < 1.29 is 14.3 Å². The van der Waals surface area contributed by atoms with E-state index in [1.807, 2.05) is 24.3 Å². The summed E-state index contributed by atoms with van der Waals surface area (Å²) in [6.07, 6.45) is 1.48. The molecule has 1 amide bonds. The monoisotopic (exact) mass is 418 g/mol. The number of carbonyl (C=O) groups is 1. The minimum atomic E-state index is -0.508. The summed E-state index contributed by atoms with van der Waals surface area (Å²) in [4.78, 5) is 16.7. The maximum absolute atomic E-state index is 12.3. The molecule has 28 heavy (non-hydrogen) atoms. The van der Waals surface area contributed by atoms with Crippen molar-refractivity contribution in [1.29, 1.82) is 0 Å². The Morgan fingerprint density at radius 1 is 1.29 bits per heavy atom. The molecule has 3 aromatic rings. The molecule has 0 saturated carbocycles. The number of hydrogen-bond donors (Lipinski definition) is 2. The van der Waals surface area contributed by atoms with Crippen LogP contribution in [0.4, 0.5) is 5.13 Å². The molecule has 0 fully saturated rings. The minimum Gasteiger partial charge on any atom is -0.493 e. The summed E-state index contributed by atoms with van der Waals surface area (Å²) in [5.41, 5.74) is 4.06. The molecule has 9 heteroatoms. The molecule has 0 unspecified atom stereocenters. The zero-order valence-corrected chi connectivity index (χ0v) is 17.1. The topological polar surface area (TPSA) is 84.8 Å². The lowest BCUT2D eigenvalue weighted by molar-refractivity contribution is -0.121. The van der Waals surface area contributed by atoms with Gasteiger partial charge in [-0.15, -0.1) is 0 Å². The Balaban J connectivity index is 1.62. The van der Waals surface area contributed by atoms with E-state index in [9.17, 15) is 4.79 Å². The number of para-hydroxylation sites is 1. The van der Waals surface area contributed by atoms with Crippen LogP contribution in [0.15, 0.2) is 41.5 Å². The van der Waals surface area contributed by atoms with E-state index in [4.69, 9.17) is 21.1 Å². The van der Waals surface area contributed by atoms with Crippen molar-refractivity contribution >= 4 is 50.4 Å². The molecule has 7 nitrogen and oxygen atoms in total. The highest BCUT2D eigenvalue weighted by molar-refractivity contribution is 7.22. The van der Waals surface area contributed by atoms with Gasteiger partial charge in [-0.05, 0) is 36.8 Å². The molecule has 0 saturated heterocycles. The Hall–Kier alpha value is -2.84. The highest BCUT2D eigenvalue weighted by Crippen LogP contribution is 2.35. The summed E-state index contributed by atoms with van der Waals surface area (Å²) in [5.74, 6) is 0.634. The van der Waals surface area contributed by atoms with E-state index in [0.29, 0.717) is 27.2 Å². The molecular formula is C19H19ClN4O3S. The van der Waals surface area contributed by atoms with E-state index in [0.717, 1.165) is 10.2 Å². The van der Waals surface area contributed by atoms with Crippen LogP contribution in [0.5, 0.6) is 11.5 Å². The van der Waals surface area contributed by atoms with E-state index in [-0.39, 0.29) is 5.91 Å². The Morgan fingerprint density at radius 3 is 2.79 bits per heavy atom. The number of carbonyl (C=O) groups excluding carboxylic acids is 1. The van der Waals surface area contributed by atoms with Crippen LogP contribution in [0.2, 0.25) is 5.02 Å². The Bertz CT molecular complexity index is 989. The molecule has 0 aliphatic rings. The highest BCUT2D eigenvalue weighted by atomic mass is 35.5. The number of thiazole rings is 1. The number of amides is 1. The van der Waals surface area contributed by atoms with Crippen molar-refractivity contribution in [3.8, 4) is 11.5 Å². The number of hydrazone groups is 1. The van der Waals surface area contributed by atoms with Gasteiger partial charge in [0.25, 0.3) is 5.91 Å². The second-order valence-corrected chi connectivity index (χ2v) is 7.26. The molecule has 2 N–H and O–H groups in total. The van der Waals surface area contributed by atoms with Crippen LogP contribution < -0.4 is 20.2 Å². The fourth-order valence-corrected chi connectivity index (χ4v) is 3.71. The number of hydrogen-bond acceptors (Lipinski definition) is 7. The summed E-state index contributed by atoms with van der Waals surface area (Å²) >= 11 is 7.65. The number of nitrogens with zero attached hydrogens (tertiary/aromatic N) is 2. The average Bonchev–Trinajstić information content (AvgIpc) is 3.09. The highest BCUT2D eigenvalue weighted by Gasteiger charge is 2.14. The summed E-state index contributed by atoms with van der Waals surface area (Å²) in [6, 6.07) is 10.7. The van der Waals surface area contributed by atoms with E-state index >= 15 is 0 Å². The van der Waals surface area contributed by atoms with Gasteiger partial charge in [0.1, 0.15) is 6.04 Å². The van der Waals surface area contributed by atoms with Crippen molar-refractivity contribution in [3.05, 3.63) is 47.0 Å². The smallest absolute Gasteiger partial charge is 0.262 e. The molecule has 1 heterocycles. The molecule has 0 radical (unpaired) electrons. The van der Waals surface area contributed by atoms with E-state index in [1.165, 1.54) is 31.8 Å². The largest absolute Gasteiger partial charge is 0.493 e. The molecule has 0 bridgehead atoms. The molecule has 2 aromatic carbocycles. The molecule has 0 aliphatic heterocycles. The quantitative estimate of drug-likeness (QED) is 0.448. The molecule has 1 aromatic heterocycles. The number of halogens is 1. The number of ether oxygens (including phenoxy) is 2. The van der Waals surface area contributed by atoms with Crippen LogP contribution in [0.25, 0.3) is 10.2 Å². The van der Waals surface area contributed by atoms with Gasteiger partial charge in [0.2, 0.25) is 0 Å². The number of fused-ring (bicyclic) bond motifs is 1. The molecular weight excluding hydrogens is 400 g/mol. The standard InChI is InChI=1S/C19H19ClN4O3S/c1-11(22-19-23-14-6-4-5-7-16(14)28-19)18(25)24-21-10-12-8-13(20)17(27-3)15(9-12)26-2/h4-11H,1-3H3,(H,22,23)(H,24,25)/b21-10-/t11-/m0/s1. The lowest BCUT2D eigenvalue weighted by Crippen LogP contribution is -2.34.